The van der Waals surface area contributed by atoms with Gasteiger partial charge in [0.1, 0.15) is 0 Å². The van der Waals surface area contributed by atoms with E-state index in [0.29, 0.717) is 12.5 Å². The zero-order valence-electron chi connectivity index (χ0n) is 12.4. The van der Waals surface area contributed by atoms with Crippen LogP contribution in [0.25, 0.3) is 0 Å². The van der Waals surface area contributed by atoms with Gasteiger partial charge in [0, 0.05) is 18.7 Å². The number of anilines is 1. The molecule has 0 N–H and O–H groups in total. The fourth-order valence-corrected chi connectivity index (χ4v) is 2.76. The van der Waals surface area contributed by atoms with E-state index in [1.807, 2.05) is 4.90 Å². The number of hydrogen-bond donors (Lipinski definition) is 0. The SMILES string of the molecule is COC(=O)c1ccc([N+](=O)[O-])c(N2CCCC2C(C)C)n1. The molecule has 1 aliphatic heterocycles. The molecule has 0 aromatic carbocycles. The van der Waals surface area contributed by atoms with Crippen LogP contribution in [0.1, 0.15) is 37.2 Å². The molecule has 1 unspecified atom stereocenters. The van der Waals surface area contributed by atoms with Crippen LogP contribution in [0.15, 0.2) is 12.1 Å². The number of rotatable bonds is 4. The first-order chi connectivity index (χ1) is 9.95. The second-order valence-corrected chi connectivity index (χ2v) is 5.43. The van der Waals surface area contributed by atoms with E-state index in [-0.39, 0.29) is 23.2 Å². The van der Waals surface area contributed by atoms with Crippen LogP contribution in [-0.2, 0) is 4.74 Å². The summed E-state index contributed by atoms with van der Waals surface area (Å²) in [6, 6.07) is 2.85. The number of carbonyl (C=O) groups excluding carboxylic acids is 1. The van der Waals surface area contributed by atoms with Crippen molar-refractivity contribution >= 4 is 17.5 Å². The van der Waals surface area contributed by atoms with Gasteiger partial charge in [0.05, 0.1) is 12.0 Å². The number of nitrogens with zero attached hydrogens (tertiary/aromatic N) is 3. The Morgan fingerprint density at radius 3 is 2.81 bits per heavy atom. The maximum atomic E-state index is 11.6. The third-order valence-electron chi connectivity index (χ3n) is 3.79. The minimum absolute atomic E-state index is 0.0739. The molecule has 0 spiro atoms. The zero-order valence-corrected chi connectivity index (χ0v) is 12.4. The number of carbonyl (C=O) groups is 1. The number of aromatic nitrogens is 1. The number of pyridine rings is 1. The predicted molar refractivity (Wildman–Crippen MR) is 77.4 cm³/mol. The molecule has 0 aliphatic carbocycles. The first-order valence-corrected chi connectivity index (χ1v) is 6.96. The van der Waals surface area contributed by atoms with E-state index in [1.54, 1.807) is 0 Å². The fraction of sp³-hybridized carbons (Fsp3) is 0.571. The quantitative estimate of drug-likeness (QED) is 0.481. The van der Waals surface area contributed by atoms with E-state index in [0.717, 1.165) is 12.8 Å². The van der Waals surface area contributed by atoms with Gasteiger partial charge in [-0.25, -0.2) is 9.78 Å². The van der Waals surface area contributed by atoms with Crippen LogP contribution in [0.3, 0.4) is 0 Å². The van der Waals surface area contributed by atoms with Crippen LogP contribution in [0.5, 0.6) is 0 Å². The molecule has 21 heavy (non-hydrogen) atoms. The van der Waals surface area contributed by atoms with Gasteiger partial charge in [-0.15, -0.1) is 0 Å². The molecule has 1 aliphatic rings. The number of hydrogen-bond acceptors (Lipinski definition) is 6. The number of esters is 1. The lowest BCUT2D eigenvalue weighted by molar-refractivity contribution is -0.384. The Morgan fingerprint density at radius 2 is 2.24 bits per heavy atom. The van der Waals surface area contributed by atoms with Crippen LogP contribution < -0.4 is 4.90 Å². The number of nitro groups is 1. The van der Waals surface area contributed by atoms with Gasteiger partial charge in [0.2, 0.25) is 5.82 Å². The van der Waals surface area contributed by atoms with Crippen molar-refractivity contribution in [3.63, 3.8) is 0 Å². The maximum absolute atomic E-state index is 11.6. The van der Waals surface area contributed by atoms with Crippen LogP contribution in [0.4, 0.5) is 11.5 Å². The summed E-state index contributed by atoms with van der Waals surface area (Å²) < 4.78 is 4.64. The maximum Gasteiger partial charge on any atom is 0.356 e. The molecule has 1 fully saturated rings. The molecular formula is C14H19N3O4. The normalized spacial score (nSPS) is 18.1. The molecular weight excluding hydrogens is 274 g/mol. The Balaban J connectivity index is 2.48. The van der Waals surface area contributed by atoms with E-state index < -0.39 is 10.9 Å². The lowest BCUT2D eigenvalue weighted by atomic mass is 10.0. The van der Waals surface area contributed by atoms with Crippen molar-refractivity contribution in [2.24, 2.45) is 5.92 Å². The minimum atomic E-state index is -0.591. The summed E-state index contributed by atoms with van der Waals surface area (Å²) in [5.41, 5.74) is 0.0164. The lowest BCUT2D eigenvalue weighted by Gasteiger charge is -2.28. The van der Waals surface area contributed by atoms with Crippen molar-refractivity contribution in [2.45, 2.75) is 32.7 Å². The first-order valence-electron chi connectivity index (χ1n) is 6.96. The largest absolute Gasteiger partial charge is 0.464 e. The molecule has 114 valence electrons. The highest BCUT2D eigenvalue weighted by Crippen LogP contribution is 2.34. The van der Waals surface area contributed by atoms with Gasteiger partial charge in [-0.05, 0) is 24.8 Å². The lowest BCUT2D eigenvalue weighted by Crippen LogP contribution is -2.34. The Kier molecular flexibility index (Phi) is 4.40. The van der Waals surface area contributed by atoms with E-state index in [2.05, 4.69) is 23.6 Å². The Morgan fingerprint density at radius 1 is 1.52 bits per heavy atom. The summed E-state index contributed by atoms with van der Waals surface area (Å²) in [4.78, 5) is 28.5. The zero-order chi connectivity index (χ0) is 15.6. The standard InChI is InChI=1S/C14H19N3O4/c1-9(2)11-5-4-8-16(11)13-12(17(19)20)7-6-10(15-13)14(18)21-3/h6-7,9,11H,4-5,8H2,1-3H3. The average molecular weight is 293 g/mol. The molecule has 7 nitrogen and oxygen atoms in total. The third kappa shape index (κ3) is 2.96. The second kappa shape index (κ2) is 6.07. The van der Waals surface area contributed by atoms with Crippen molar-refractivity contribution < 1.29 is 14.5 Å². The van der Waals surface area contributed by atoms with Crippen molar-refractivity contribution in [3.8, 4) is 0 Å². The predicted octanol–water partition coefficient (Wildman–Crippen LogP) is 2.40. The summed E-state index contributed by atoms with van der Waals surface area (Å²) in [6.45, 7) is 4.87. The monoisotopic (exact) mass is 293 g/mol. The van der Waals surface area contributed by atoms with Crippen molar-refractivity contribution in [3.05, 3.63) is 27.9 Å². The molecule has 2 rings (SSSR count). The Hall–Kier alpha value is -2.18. The van der Waals surface area contributed by atoms with Crippen molar-refractivity contribution in [1.29, 1.82) is 0 Å². The topological polar surface area (TPSA) is 85.6 Å². The molecule has 2 heterocycles. The van der Waals surface area contributed by atoms with Gasteiger partial charge in [-0.1, -0.05) is 13.8 Å². The summed E-state index contributed by atoms with van der Waals surface area (Å²) in [6.07, 6.45) is 1.93. The van der Waals surface area contributed by atoms with Gasteiger partial charge < -0.3 is 9.64 Å². The van der Waals surface area contributed by atoms with E-state index >= 15 is 0 Å². The van der Waals surface area contributed by atoms with Gasteiger partial charge >= 0.3 is 11.7 Å². The molecule has 0 amide bonds. The molecule has 1 saturated heterocycles. The van der Waals surface area contributed by atoms with Crippen molar-refractivity contribution in [1.82, 2.24) is 4.98 Å². The van der Waals surface area contributed by atoms with Crippen LogP contribution in [-0.4, -0.2) is 35.6 Å². The van der Waals surface area contributed by atoms with Crippen molar-refractivity contribution in [2.75, 3.05) is 18.6 Å². The third-order valence-corrected chi connectivity index (χ3v) is 3.79. The Bertz CT molecular complexity index is 559. The molecule has 1 aromatic rings. The molecule has 0 saturated carbocycles. The summed E-state index contributed by atoms with van der Waals surface area (Å²) >= 11 is 0. The molecule has 0 bridgehead atoms. The second-order valence-electron chi connectivity index (χ2n) is 5.43. The van der Waals surface area contributed by atoms with Gasteiger partial charge in [-0.2, -0.15) is 0 Å². The van der Waals surface area contributed by atoms with Crippen LogP contribution >= 0.6 is 0 Å². The van der Waals surface area contributed by atoms with Crippen LogP contribution in [0, 0.1) is 16.0 Å². The average Bonchev–Trinajstić information content (AvgIpc) is 2.95. The highest BCUT2D eigenvalue weighted by molar-refractivity contribution is 5.88. The number of ether oxygens (including phenoxy) is 1. The van der Waals surface area contributed by atoms with Gasteiger partial charge in [-0.3, -0.25) is 10.1 Å². The molecule has 0 radical (unpaired) electrons. The highest BCUT2D eigenvalue weighted by atomic mass is 16.6. The summed E-state index contributed by atoms with van der Waals surface area (Å²) in [5, 5.41) is 11.2. The molecule has 1 aromatic heterocycles. The van der Waals surface area contributed by atoms with E-state index in [1.165, 1.54) is 19.2 Å². The molecule has 7 heteroatoms. The number of methoxy groups -OCH3 is 1. The summed E-state index contributed by atoms with van der Waals surface area (Å²) in [5.74, 6) is 0.0289. The Labute approximate surface area is 123 Å². The van der Waals surface area contributed by atoms with Crippen LogP contribution in [0.2, 0.25) is 0 Å². The molecule has 1 atom stereocenters. The van der Waals surface area contributed by atoms with E-state index in [9.17, 15) is 14.9 Å². The van der Waals surface area contributed by atoms with E-state index in [4.69, 9.17) is 0 Å². The van der Waals surface area contributed by atoms with Gasteiger partial charge in [0.25, 0.3) is 0 Å². The highest BCUT2D eigenvalue weighted by Gasteiger charge is 2.33. The fourth-order valence-electron chi connectivity index (χ4n) is 2.76. The minimum Gasteiger partial charge on any atom is -0.464 e. The smallest absolute Gasteiger partial charge is 0.356 e. The summed E-state index contributed by atoms with van der Waals surface area (Å²) in [7, 11) is 1.26. The first kappa shape index (κ1) is 15.2. The van der Waals surface area contributed by atoms with Gasteiger partial charge in [0.15, 0.2) is 5.69 Å².